The summed E-state index contributed by atoms with van der Waals surface area (Å²) in [4.78, 5) is 11.6. The number of halogens is 1. The fourth-order valence-electron chi connectivity index (χ4n) is 2.70. The smallest absolute Gasteiger partial charge is 0.135 e. The third-order valence-electron chi connectivity index (χ3n) is 3.93. The SMILES string of the molecule is CC[C@@H]1CC(COCc2ccccc2F)CCC1=O. The van der Waals surface area contributed by atoms with Gasteiger partial charge in [0.05, 0.1) is 6.61 Å². The second-order valence-electron chi connectivity index (χ2n) is 5.32. The van der Waals surface area contributed by atoms with Gasteiger partial charge < -0.3 is 4.74 Å². The molecule has 19 heavy (non-hydrogen) atoms. The van der Waals surface area contributed by atoms with Crippen molar-refractivity contribution >= 4 is 5.78 Å². The monoisotopic (exact) mass is 264 g/mol. The molecule has 0 bridgehead atoms. The Kier molecular flexibility index (Phi) is 5.08. The number of Topliss-reactive ketones (excluding diaryl/α,β-unsaturated/α-hetero) is 1. The number of carbonyl (C=O) groups excluding carboxylic acids is 1. The molecule has 2 nitrogen and oxygen atoms in total. The van der Waals surface area contributed by atoms with Gasteiger partial charge >= 0.3 is 0 Å². The van der Waals surface area contributed by atoms with Gasteiger partial charge in [0.15, 0.2) is 0 Å². The van der Waals surface area contributed by atoms with Crippen molar-refractivity contribution in [3.05, 3.63) is 35.6 Å². The highest BCUT2D eigenvalue weighted by Gasteiger charge is 2.27. The van der Waals surface area contributed by atoms with Gasteiger partial charge in [0.2, 0.25) is 0 Å². The largest absolute Gasteiger partial charge is 0.376 e. The summed E-state index contributed by atoms with van der Waals surface area (Å²) < 4.78 is 19.0. The van der Waals surface area contributed by atoms with Gasteiger partial charge in [-0.05, 0) is 31.2 Å². The maximum Gasteiger partial charge on any atom is 0.135 e. The fourth-order valence-corrected chi connectivity index (χ4v) is 2.70. The molecule has 1 aliphatic rings. The zero-order valence-corrected chi connectivity index (χ0v) is 11.4. The molecule has 0 heterocycles. The lowest BCUT2D eigenvalue weighted by Crippen LogP contribution is -2.26. The van der Waals surface area contributed by atoms with Crippen molar-refractivity contribution in [3.63, 3.8) is 0 Å². The van der Waals surface area contributed by atoms with Gasteiger partial charge in [0, 0.05) is 24.5 Å². The fraction of sp³-hybridized carbons (Fsp3) is 0.562. The molecule has 0 N–H and O–H groups in total. The van der Waals surface area contributed by atoms with E-state index < -0.39 is 0 Å². The summed E-state index contributed by atoms with van der Waals surface area (Å²) in [6.45, 7) is 3.00. The van der Waals surface area contributed by atoms with Crippen LogP contribution in [0.25, 0.3) is 0 Å². The molecule has 2 atom stereocenters. The molecule has 1 fully saturated rings. The van der Waals surface area contributed by atoms with Gasteiger partial charge in [-0.2, -0.15) is 0 Å². The third kappa shape index (κ3) is 3.87. The van der Waals surface area contributed by atoms with Crippen LogP contribution in [0.1, 0.15) is 38.2 Å². The van der Waals surface area contributed by atoms with Gasteiger partial charge in [-0.15, -0.1) is 0 Å². The zero-order valence-electron chi connectivity index (χ0n) is 11.4. The quantitative estimate of drug-likeness (QED) is 0.810. The molecule has 0 saturated heterocycles. The summed E-state index contributed by atoms with van der Waals surface area (Å²) in [7, 11) is 0. The van der Waals surface area contributed by atoms with E-state index in [0.717, 1.165) is 19.3 Å². The Balaban J connectivity index is 1.77. The van der Waals surface area contributed by atoms with E-state index in [2.05, 4.69) is 6.92 Å². The highest BCUT2D eigenvalue weighted by molar-refractivity contribution is 5.81. The maximum atomic E-state index is 13.4. The van der Waals surface area contributed by atoms with E-state index in [1.807, 2.05) is 6.07 Å². The average Bonchev–Trinajstić information content (AvgIpc) is 2.43. The number of ketones is 1. The lowest BCUT2D eigenvalue weighted by Gasteiger charge is -2.27. The van der Waals surface area contributed by atoms with Crippen LogP contribution in [0.5, 0.6) is 0 Å². The molecule has 104 valence electrons. The summed E-state index contributed by atoms with van der Waals surface area (Å²) in [5.41, 5.74) is 0.599. The Labute approximate surface area is 114 Å². The van der Waals surface area contributed by atoms with Gasteiger partial charge in [-0.1, -0.05) is 25.1 Å². The van der Waals surface area contributed by atoms with Crippen LogP contribution in [-0.4, -0.2) is 12.4 Å². The van der Waals surface area contributed by atoms with Crippen molar-refractivity contribution in [1.82, 2.24) is 0 Å². The molecular weight excluding hydrogens is 243 g/mol. The Bertz CT molecular complexity index is 431. The van der Waals surface area contributed by atoms with E-state index >= 15 is 0 Å². The molecule has 1 unspecified atom stereocenters. The van der Waals surface area contributed by atoms with Crippen molar-refractivity contribution in [2.45, 2.75) is 39.2 Å². The first-order chi connectivity index (χ1) is 9.20. The van der Waals surface area contributed by atoms with E-state index in [4.69, 9.17) is 4.74 Å². The van der Waals surface area contributed by atoms with Crippen molar-refractivity contribution in [1.29, 1.82) is 0 Å². The summed E-state index contributed by atoms with van der Waals surface area (Å²) in [5.74, 6) is 0.825. The minimum Gasteiger partial charge on any atom is -0.376 e. The number of rotatable bonds is 5. The van der Waals surface area contributed by atoms with Crippen molar-refractivity contribution in [2.24, 2.45) is 11.8 Å². The van der Waals surface area contributed by atoms with Crippen LogP contribution >= 0.6 is 0 Å². The third-order valence-corrected chi connectivity index (χ3v) is 3.93. The molecule has 1 aliphatic carbocycles. The van der Waals surface area contributed by atoms with Crippen molar-refractivity contribution in [2.75, 3.05) is 6.61 Å². The molecule has 0 spiro atoms. The van der Waals surface area contributed by atoms with Crippen LogP contribution in [0.2, 0.25) is 0 Å². The highest BCUT2D eigenvalue weighted by Crippen LogP contribution is 2.28. The molecule has 1 saturated carbocycles. The maximum absolute atomic E-state index is 13.4. The molecule has 0 aliphatic heterocycles. The molecule has 2 rings (SSSR count). The minimum atomic E-state index is -0.215. The second-order valence-corrected chi connectivity index (χ2v) is 5.32. The Morgan fingerprint density at radius 1 is 1.37 bits per heavy atom. The summed E-state index contributed by atoms with van der Waals surface area (Å²) in [6.07, 6.45) is 3.42. The lowest BCUT2D eigenvalue weighted by molar-refractivity contribution is -0.126. The topological polar surface area (TPSA) is 26.3 Å². The van der Waals surface area contributed by atoms with Gasteiger partial charge in [-0.3, -0.25) is 4.79 Å². The van der Waals surface area contributed by atoms with Crippen LogP contribution in [-0.2, 0) is 16.1 Å². The number of hydrogen-bond donors (Lipinski definition) is 0. The number of carbonyl (C=O) groups is 1. The van der Waals surface area contributed by atoms with Gasteiger partial charge in [0.1, 0.15) is 11.6 Å². The number of benzene rings is 1. The first kappa shape index (κ1) is 14.2. The van der Waals surface area contributed by atoms with Crippen LogP contribution in [0, 0.1) is 17.7 Å². The van der Waals surface area contributed by atoms with E-state index in [-0.39, 0.29) is 11.7 Å². The van der Waals surface area contributed by atoms with E-state index in [9.17, 15) is 9.18 Å². The predicted octanol–water partition coefficient (Wildman–Crippen LogP) is 3.74. The average molecular weight is 264 g/mol. The predicted molar refractivity (Wildman–Crippen MR) is 72.2 cm³/mol. The van der Waals surface area contributed by atoms with Crippen LogP contribution in [0.3, 0.4) is 0 Å². The van der Waals surface area contributed by atoms with E-state index in [0.29, 0.717) is 36.9 Å². The number of ether oxygens (including phenoxy) is 1. The first-order valence-corrected chi connectivity index (χ1v) is 7.04. The molecule has 0 radical (unpaired) electrons. The van der Waals surface area contributed by atoms with Gasteiger partial charge in [0.25, 0.3) is 0 Å². The van der Waals surface area contributed by atoms with E-state index in [1.54, 1.807) is 12.1 Å². The van der Waals surface area contributed by atoms with Crippen LogP contribution < -0.4 is 0 Å². The standard InChI is InChI=1S/C16H21FO2/c1-2-13-9-12(7-8-16(13)18)10-19-11-14-5-3-4-6-15(14)17/h3-6,12-13H,2,7-11H2,1H3/t12?,13-/m1/s1. The summed E-state index contributed by atoms with van der Waals surface area (Å²) in [6, 6.07) is 6.69. The molecule has 0 amide bonds. The van der Waals surface area contributed by atoms with Crippen LogP contribution in [0.15, 0.2) is 24.3 Å². The number of hydrogen-bond acceptors (Lipinski definition) is 2. The molecule has 1 aromatic carbocycles. The molecular formula is C16H21FO2. The van der Waals surface area contributed by atoms with Crippen molar-refractivity contribution < 1.29 is 13.9 Å². The summed E-state index contributed by atoms with van der Waals surface area (Å²) >= 11 is 0. The Morgan fingerprint density at radius 3 is 2.89 bits per heavy atom. The van der Waals surface area contributed by atoms with Crippen LogP contribution in [0.4, 0.5) is 4.39 Å². The van der Waals surface area contributed by atoms with E-state index in [1.165, 1.54) is 6.07 Å². The van der Waals surface area contributed by atoms with Gasteiger partial charge in [-0.25, -0.2) is 4.39 Å². The lowest BCUT2D eigenvalue weighted by atomic mass is 9.79. The summed E-state index contributed by atoms with van der Waals surface area (Å²) in [5, 5.41) is 0. The molecule has 3 heteroatoms. The normalized spacial score (nSPS) is 23.6. The Hall–Kier alpha value is -1.22. The highest BCUT2D eigenvalue weighted by atomic mass is 19.1. The molecule has 0 aromatic heterocycles. The first-order valence-electron chi connectivity index (χ1n) is 7.04. The molecule has 1 aromatic rings. The zero-order chi connectivity index (χ0) is 13.7. The van der Waals surface area contributed by atoms with Crippen molar-refractivity contribution in [3.8, 4) is 0 Å². The Morgan fingerprint density at radius 2 is 2.16 bits per heavy atom. The minimum absolute atomic E-state index is 0.204. The second kappa shape index (κ2) is 6.80.